The normalized spacial score (nSPS) is 17.0. The van der Waals surface area contributed by atoms with Gasteiger partial charge in [0.05, 0.1) is 6.42 Å². The first-order valence-electron chi connectivity index (χ1n) is 8.39. The highest BCUT2D eigenvalue weighted by molar-refractivity contribution is 5.95. The Morgan fingerprint density at radius 2 is 2.00 bits per heavy atom. The lowest BCUT2D eigenvalue weighted by Crippen LogP contribution is -2.32. The fourth-order valence-corrected chi connectivity index (χ4v) is 3.12. The van der Waals surface area contributed by atoms with Crippen molar-refractivity contribution in [2.45, 2.75) is 19.8 Å². The van der Waals surface area contributed by atoms with E-state index in [4.69, 9.17) is 0 Å². The number of halogens is 1. The summed E-state index contributed by atoms with van der Waals surface area (Å²) in [4.78, 5) is 25.9. The summed E-state index contributed by atoms with van der Waals surface area (Å²) in [5, 5.41) is 2.92. The van der Waals surface area contributed by atoms with E-state index in [1.54, 1.807) is 17.0 Å². The minimum Gasteiger partial charge on any atom is -0.355 e. The van der Waals surface area contributed by atoms with Crippen molar-refractivity contribution < 1.29 is 14.0 Å². The smallest absolute Gasteiger partial charge is 0.227 e. The molecule has 0 bridgehead atoms. The number of nitrogens with one attached hydrogen (secondary N) is 1. The zero-order chi connectivity index (χ0) is 17.8. The molecule has 0 aromatic heterocycles. The Labute approximate surface area is 146 Å². The largest absolute Gasteiger partial charge is 0.355 e. The van der Waals surface area contributed by atoms with Crippen molar-refractivity contribution in [3.8, 4) is 0 Å². The van der Waals surface area contributed by atoms with Crippen molar-refractivity contribution in [2.75, 3.05) is 18.0 Å². The van der Waals surface area contributed by atoms with Gasteiger partial charge in [0.2, 0.25) is 11.8 Å². The Morgan fingerprint density at radius 3 is 2.72 bits per heavy atom. The fraction of sp³-hybridized carbons (Fsp3) is 0.300. The van der Waals surface area contributed by atoms with Crippen LogP contribution in [0.4, 0.5) is 10.1 Å². The first kappa shape index (κ1) is 17.1. The monoisotopic (exact) mass is 340 g/mol. The van der Waals surface area contributed by atoms with Crippen molar-refractivity contribution in [2.24, 2.45) is 5.92 Å². The second-order valence-corrected chi connectivity index (χ2v) is 6.52. The van der Waals surface area contributed by atoms with E-state index < -0.39 is 0 Å². The molecule has 1 fully saturated rings. The topological polar surface area (TPSA) is 49.4 Å². The van der Waals surface area contributed by atoms with Crippen LogP contribution in [0, 0.1) is 18.7 Å². The first-order chi connectivity index (χ1) is 12.0. The highest BCUT2D eigenvalue weighted by Crippen LogP contribution is 2.24. The highest BCUT2D eigenvalue weighted by Gasteiger charge is 2.30. The molecule has 3 rings (SSSR count). The third-order valence-corrected chi connectivity index (χ3v) is 4.38. The lowest BCUT2D eigenvalue weighted by Gasteiger charge is -2.17. The zero-order valence-corrected chi connectivity index (χ0v) is 14.2. The number of anilines is 1. The molecule has 2 aromatic rings. The molecule has 0 aliphatic carbocycles. The number of carbonyl (C=O) groups is 2. The predicted molar refractivity (Wildman–Crippen MR) is 94.8 cm³/mol. The third-order valence-electron chi connectivity index (χ3n) is 4.38. The van der Waals surface area contributed by atoms with Gasteiger partial charge in [-0.05, 0) is 36.8 Å². The van der Waals surface area contributed by atoms with E-state index in [0.717, 1.165) is 11.1 Å². The van der Waals surface area contributed by atoms with Crippen LogP contribution in [-0.4, -0.2) is 24.9 Å². The minimum absolute atomic E-state index is 0.00420. The number of benzene rings is 2. The van der Waals surface area contributed by atoms with Gasteiger partial charge < -0.3 is 10.2 Å². The Bertz CT molecular complexity index is 774. The van der Waals surface area contributed by atoms with Crippen molar-refractivity contribution in [1.29, 1.82) is 0 Å². The minimum atomic E-state index is -0.324. The van der Waals surface area contributed by atoms with Crippen LogP contribution in [0.3, 0.4) is 0 Å². The molecular weight excluding hydrogens is 319 g/mol. The Balaban J connectivity index is 1.51. The van der Waals surface area contributed by atoms with E-state index >= 15 is 0 Å². The Morgan fingerprint density at radius 1 is 1.24 bits per heavy atom. The number of nitrogens with zero attached hydrogens (tertiary/aromatic N) is 1. The summed E-state index contributed by atoms with van der Waals surface area (Å²) < 4.78 is 13.0. The quantitative estimate of drug-likeness (QED) is 0.910. The number of hydrogen-bond acceptors (Lipinski definition) is 2. The molecule has 25 heavy (non-hydrogen) atoms. The maximum Gasteiger partial charge on any atom is 0.227 e. The summed E-state index contributed by atoms with van der Waals surface area (Å²) in [5.74, 6) is -0.294. The van der Waals surface area contributed by atoms with Crippen molar-refractivity contribution >= 4 is 17.5 Å². The van der Waals surface area contributed by atoms with E-state index in [1.807, 2.05) is 31.2 Å². The molecule has 5 heteroatoms. The van der Waals surface area contributed by atoms with Crippen LogP contribution in [0.15, 0.2) is 48.5 Å². The van der Waals surface area contributed by atoms with Gasteiger partial charge in [0.15, 0.2) is 0 Å². The van der Waals surface area contributed by atoms with E-state index in [-0.39, 0.29) is 23.5 Å². The van der Waals surface area contributed by atoms with Gasteiger partial charge in [-0.1, -0.05) is 29.8 Å². The summed E-state index contributed by atoms with van der Waals surface area (Å²) in [6, 6.07) is 13.8. The average molecular weight is 340 g/mol. The molecule has 1 aliphatic rings. The molecule has 0 unspecified atom stereocenters. The van der Waals surface area contributed by atoms with Crippen LogP contribution >= 0.6 is 0 Å². The molecule has 0 radical (unpaired) electrons. The van der Waals surface area contributed by atoms with Gasteiger partial charge in [-0.2, -0.15) is 0 Å². The average Bonchev–Trinajstić information content (AvgIpc) is 2.95. The van der Waals surface area contributed by atoms with Crippen LogP contribution in [0.5, 0.6) is 0 Å². The molecule has 4 nitrogen and oxygen atoms in total. The lowest BCUT2D eigenvalue weighted by molar-refractivity contribution is -0.121. The maximum atomic E-state index is 13.0. The van der Waals surface area contributed by atoms with E-state index in [0.29, 0.717) is 31.6 Å². The van der Waals surface area contributed by atoms with Crippen molar-refractivity contribution in [3.05, 3.63) is 65.5 Å². The molecule has 1 aliphatic heterocycles. The van der Waals surface area contributed by atoms with Gasteiger partial charge in [-0.3, -0.25) is 9.59 Å². The summed E-state index contributed by atoms with van der Waals surface area (Å²) in [5.41, 5.74) is 2.80. The van der Waals surface area contributed by atoms with Crippen LogP contribution in [-0.2, 0) is 16.0 Å². The first-order valence-corrected chi connectivity index (χ1v) is 8.39. The lowest BCUT2D eigenvalue weighted by atomic mass is 10.1. The summed E-state index contributed by atoms with van der Waals surface area (Å²) >= 11 is 0. The molecule has 1 N–H and O–H groups in total. The number of aryl methyl sites for hydroxylation is 1. The second kappa shape index (κ2) is 7.47. The predicted octanol–water partition coefficient (Wildman–Crippen LogP) is 2.85. The molecule has 1 heterocycles. The van der Waals surface area contributed by atoms with Gasteiger partial charge in [0.1, 0.15) is 5.82 Å². The number of hydrogen-bond donors (Lipinski definition) is 1. The van der Waals surface area contributed by atoms with Crippen LogP contribution in [0.2, 0.25) is 0 Å². The molecular formula is C20H21FN2O2. The van der Waals surface area contributed by atoms with Gasteiger partial charge >= 0.3 is 0 Å². The van der Waals surface area contributed by atoms with E-state index in [1.165, 1.54) is 12.1 Å². The van der Waals surface area contributed by atoms with Crippen LogP contribution in [0.1, 0.15) is 17.5 Å². The van der Waals surface area contributed by atoms with Crippen LogP contribution < -0.4 is 10.2 Å². The fourth-order valence-electron chi connectivity index (χ4n) is 3.12. The third kappa shape index (κ3) is 4.44. The molecule has 2 aromatic carbocycles. The number of rotatable bonds is 5. The summed E-state index contributed by atoms with van der Waals surface area (Å²) in [6.45, 7) is 3.00. The SMILES string of the molecule is Cc1cccc(CC(=O)NC[C@@H]2CC(=O)N(c3ccc(F)cc3)C2)c1. The molecule has 2 amide bonds. The van der Waals surface area contributed by atoms with Gasteiger partial charge in [-0.15, -0.1) is 0 Å². The standard InChI is InChI=1S/C20H21FN2O2/c1-14-3-2-4-15(9-14)10-19(24)22-12-16-11-20(25)23(13-16)18-7-5-17(21)6-8-18/h2-9,16H,10-13H2,1H3,(H,22,24)/t16-/m0/s1. The van der Waals surface area contributed by atoms with Crippen LogP contribution in [0.25, 0.3) is 0 Å². The van der Waals surface area contributed by atoms with Crippen molar-refractivity contribution in [3.63, 3.8) is 0 Å². The van der Waals surface area contributed by atoms with Gasteiger partial charge in [0, 0.05) is 31.1 Å². The molecule has 0 saturated carbocycles. The Kier molecular flexibility index (Phi) is 5.12. The highest BCUT2D eigenvalue weighted by atomic mass is 19.1. The van der Waals surface area contributed by atoms with Gasteiger partial charge in [-0.25, -0.2) is 4.39 Å². The van der Waals surface area contributed by atoms with E-state index in [2.05, 4.69) is 5.32 Å². The molecule has 1 saturated heterocycles. The maximum absolute atomic E-state index is 13.0. The summed E-state index contributed by atoms with van der Waals surface area (Å²) in [7, 11) is 0. The molecule has 1 atom stereocenters. The van der Waals surface area contributed by atoms with Crippen molar-refractivity contribution in [1.82, 2.24) is 5.32 Å². The zero-order valence-electron chi connectivity index (χ0n) is 14.2. The summed E-state index contributed by atoms with van der Waals surface area (Å²) in [6.07, 6.45) is 0.728. The van der Waals surface area contributed by atoms with E-state index in [9.17, 15) is 14.0 Å². The number of amides is 2. The number of carbonyl (C=O) groups excluding carboxylic acids is 2. The van der Waals surface area contributed by atoms with Gasteiger partial charge in [0.25, 0.3) is 0 Å². The Hall–Kier alpha value is -2.69. The second-order valence-electron chi connectivity index (χ2n) is 6.52. The molecule has 0 spiro atoms. The molecule has 130 valence electrons.